The molecule has 4 rings (SSSR count). The molecule has 28 heavy (non-hydrogen) atoms. The van der Waals surface area contributed by atoms with Crippen LogP contribution in [0.2, 0.25) is 0 Å². The van der Waals surface area contributed by atoms with Crippen molar-refractivity contribution in [1.29, 1.82) is 0 Å². The summed E-state index contributed by atoms with van der Waals surface area (Å²) >= 11 is 0. The van der Waals surface area contributed by atoms with Gasteiger partial charge in [-0.2, -0.15) is 5.10 Å². The lowest BCUT2D eigenvalue weighted by Crippen LogP contribution is -2.42. The molecule has 0 radical (unpaired) electrons. The van der Waals surface area contributed by atoms with Gasteiger partial charge < -0.3 is 10.0 Å². The zero-order valence-corrected chi connectivity index (χ0v) is 15.2. The average molecular weight is 376 g/mol. The van der Waals surface area contributed by atoms with E-state index in [1.54, 1.807) is 59.8 Å². The summed E-state index contributed by atoms with van der Waals surface area (Å²) in [4.78, 5) is 31.3. The largest absolute Gasteiger partial charge is 0.508 e. The van der Waals surface area contributed by atoms with Gasteiger partial charge in [0, 0.05) is 42.5 Å². The smallest absolute Gasteiger partial charge is 0.271 e. The predicted molar refractivity (Wildman–Crippen MR) is 103 cm³/mol. The minimum atomic E-state index is -0.221. The van der Waals surface area contributed by atoms with Crippen molar-refractivity contribution in [3.63, 3.8) is 0 Å². The number of hydrogen-bond acceptors (Lipinski definition) is 5. The number of nitrogens with one attached hydrogen (secondary N) is 1. The van der Waals surface area contributed by atoms with Gasteiger partial charge in [0.05, 0.1) is 5.69 Å². The Balaban J connectivity index is 1.47. The maximum Gasteiger partial charge on any atom is 0.271 e. The molecule has 2 N–H and O–H groups in total. The van der Waals surface area contributed by atoms with E-state index in [2.05, 4.69) is 15.2 Å². The van der Waals surface area contributed by atoms with E-state index in [-0.39, 0.29) is 23.4 Å². The molecule has 1 aliphatic rings. The molecule has 142 valence electrons. The van der Waals surface area contributed by atoms with Crippen LogP contribution in [0.4, 0.5) is 0 Å². The number of H-pyrrole nitrogens is 1. The zero-order valence-electron chi connectivity index (χ0n) is 15.2. The highest BCUT2D eigenvalue weighted by molar-refractivity contribution is 5.99. The van der Waals surface area contributed by atoms with Crippen LogP contribution in [-0.2, 0) is 0 Å². The first-order valence-electron chi connectivity index (χ1n) is 9.20. The van der Waals surface area contributed by atoms with Gasteiger partial charge in [-0.1, -0.05) is 0 Å². The summed E-state index contributed by atoms with van der Waals surface area (Å²) in [6.07, 6.45) is 4.75. The highest BCUT2D eigenvalue weighted by atomic mass is 16.3. The number of phenolic OH excluding ortho intramolecular Hbond substituents is 1. The van der Waals surface area contributed by atoms with Crippen molar-refractivity contribution in [2.24, 2.45) is 5.92 Å². The number of pyridine rings is 1. The molecule has 3 heterocycles. The fourth-order valence-electron chi connectivity index (χ4n) is 3.50. The second kappa shape index (κ2) is 7.64. The number of aromatic hydroxyl groups is 1. The molecule has 0 bridgehead atoms. The number of hydrogen-bond donors (Lipinski definition) is 2. The van der Waals surface area contributed by atoms with Gasteiger partial charge >= 0.3 is 0 Å². The van der Waals surface area contributed by atoms with Crippen LogP contribution in [0.3, 0.4) is 0 Å². The summed E-state index contributed by atoms with van der Waals surface area (Å²) in [7, 11) is 0. The van der Waals surface area contributed by atoms with Gasteiger partial charge in [0.2, 0.25) is 0 Å². The van der Waals surface area contributed by atoms with Crippen molar-refractivity contribution in [3.8, 4) is 17.0 Å². The molecule has 1 amide bonds. The van der Waals surface area contributed by atoms with Gasteiger partial charge in [0.25, 0.3) is 5.91 Å². The lowest BCUT2D eigenvalue weighted by molar-refractivity contribution is 0.0632. The number of Topliss-reactive ketones (excluding diaryl/α,β-unsaturated/α-hetero) is 1. The Hall–Kier alpha value is -3.48. The van der Waals surface area contributed by atoms with E-state index in [0.717, 1.165) is 18.4 Å². The summed E-state index contributed by atoms with van der Waals surface area (Å²) in [5.74, 6) is -0.184. The molecule has 1 aliphatic heterocycles. The van der Waals surface area contributed by atoms with E-state index in [1.807, 2.05) is 0 Å². The zero-order chi connectivity index (χ0) is 19.5. The molecule has 7 nitrogen and oxygen atoms in total. The third-order valence-corrected chi connectivity index (χ3v) is 5.00. The van der Waals surface area contributed by atoms with Crippen molar-refractivity contribution in [2.75, 3.05) is 13.1 Å². The Morgan fingerprint density at radius 3 is 2.75 bits per heavy atom. The fraction of sp³-hybridized carbons (Fsp3) is 0.238. The first-order valence-corrected chi connectivity index (χ1v) is 9.20. The first-order chi connectivity index (χ1) is 13.6. The van der Waals surface area contributed by atoms with E-state index in [9.17, 15) is 14.7 Å². The van der Waals surface area contributed by atoms with Crippen molar-refractivity contribution in [1.82, 2.24) is 20.1 Å². The minimum absolute atomic E-state index is 0.0278. The lowest BCUT2D eigenvalue weighted by atomic mass is 9.90. The van der Waals surface area contributed by atoms with Gasteiger partial charge in [-0.3, -0.25) is 19.7 Å². The third-order valence-electron chi connectivity index (χ3n) is 5.00. The monoisotopic (exact) mass is 376 g/mol. The fourth-order valence-corrected chi connectivity index (χ4v) is 3.50. The van der Waals surface area contributed by atoms with Crippen LogP contribution >= 0.6 is 0 Å². The van der Waals surface area contributed by atoms with E-state index in [1.165, 1.54) is 0 Å². The number of benzene rings is 1. The van der Waals surface area contributed by atoms with Gasteiger partial charge in [-0.15, -0.1) is 0 Å². The van der Waals surface area contributed by atoms with Gasteiger partial charge in [-0.05, 0) is 55.3 Å². The van der Waals surface area contributed by atoms with E-state index in [4.69, 9.17) is 0 Å². The Morgan fingerprint density at radius 2 is 2.00 bits per heavy atom. The number of rotatable bonds is 4. The van der Waals surface area contributed by atoms with Gasteiger partial charge in [0.15, 0.2) is 5.78 Å². The molecular formula is C21H20N4O3. The van der Waals surface area contributed by atoms with Crippen molar-refractivity contribution < 1.29 is 14.7 Å². The topological polar surface area (TPSA) is 99.2 Å². The van der Waals surface area contributed by atoms with Crippen molar-refractivity contribution in [2.45, 2.75) is 12.8 Å². The second-order valence-corrected chi connectivity index (χ2v) is 6.91. The number of ketones is 1. The van der Waals surface area contributed by atoms with Crippen LogP contribution in [0, 0.1) is 5.92 Å². The second-order valence-electron chi connectivity index (χ2n) is 6.91. The molecule has 3 aromatic rings. The number of carbonyl (C=O) groups excluding carboxylic acids is 2. The Bertz CT molecular complexity index is 982. The first kappa shape index (κ1) is 17.9. The van der Waals surface area contributed by atoms with Gasteiger partial charge in [-0.25, -0.2) is 0 Å². The van der Waals surface area contributed by atoms with Crippen molar-refractivity contribution >= 4 is 11.7 Å². The van der Waals surface area contributed by atoms with E-state index < -0.39 is 0 Å². The molecule has 7 heteroatoms. The SMILES string of the molecule is O=C(c1cccnc1)C1CCCN(C(=O)c2cc(-c3ccc(O)cc3)n[nH]2)C1. The molecule has 1 fully saturated rings. The molecule has 0 spiro atoms. The number of nitrogens with zero attached hydrogens (tertiary/aromatic N) is 3. The van der Waals surface area contributed by atoms with E-state index in [0.29, 0.717) is 30.0 Å². The number of aromatic nitrogens is 3. The standard InChI is InChI=1S/C21H20N4O3/c26-17-7-5-14(6-8-17)18-11-19(24-23-18)21(28)25-10-2-4-16(13-25)20(27)15-3-1-9-22-12-15/h1,3,5-9,11-12,16,26H,2,4,10,13H2,(H,23,24). The average Bonchev–Trinajstić information content (AvgIpc) is 3.24. The molecule has 0 saturated carbocycles. The summed E-state index contributed by atoms with van der Waals surface area (Å²) in [5.41, 5.74) is 2.40. The Morgan fingerprint density at radius 1 is 1.18 bits per heavy atom. The summed E-state index contributed by atoms with van der Waals surface area (Å²) in [6.45, 7) is 1.00. The van der Waals surface area contributed by atoms with Crippen LogP contribution in [0.5, 0.6) is 5.75 Å². The van der Waals surface area contributed by atoms with Crippen molar-refractivity contribution in [3.05, 3.63) is 66.1 Å². The number of piperidine rings is 1. The molecule has 2 aromatic heterocycles. The molecule has 1 unspecified atom stereocenters. The minimum Gasteiger partial charge on any atom is -0.508 e. The molecule has 1 aromatic carbocycles. The number of carbonyl (C=O) groups is 2. The maximum absolute atomic E-state index is 12.9. The number of phenols is 1. The van der Waals surface area contributed by atoms with Crippen LogP contribution in [0.1, 0.15) is 33.7 Å². The van der Waals surface area contributed by atoms with Crippen LogP contribution in [0.25, 0.3) is 11.3 Å². The Labute approximate surface area is 162 Å². The lowest BCUT2D eigenvalue weighted by Gasteiger charge is -2.31. The normalized spacial score (nSPS) is 16.7. The van der Waals surface area contributed by atoms with Crippen LogP contribution in [-0.4, -0.2) is 50.0 Å². The van der Waals surface area contributed by atoms with Crippen LogP contribution < -0.4 is 0 Å². The third kappa shape index (κ3) is 3.64. The van der Waals surface area contributed by atoms with E-state index >= 15 is 0 Å². The summed E-state index contributed by atoms with van der Waals surface area (Å²) < 4.78 is 0. The predicted octanol–water partition coefficient (Wildman–Crippen LogP) is 2.91. The van der Waals surface area contributed by atoms with Crippen LogP contribution in [0.15, 0.2) is 54.9 Å². The number of aromatic amines is 1. The number of likely N-dealkylation sites (tertiary alicyclic amines) is 1. The highest BCUT2D eigenvalue weighted by Crippen LogP contribution is 2.24. The summed E-state index contributed by atoms with van der Waals surface area (Å²) in [6, 6.07) is 11.8. The number of amides is 1. The molecular weight excluding hydrogens is 356 g/mol. The molecule has 0 aliphatic carbocycles. The van der Waals surface area contributed by atoms with Gasteiger partial charge in [0.1, 0.15) is 11.4 Å². The molecule has 1 atom stereocenters. The maximum atomic E-state index is 12.9. The highest BCUT2D eigenvalue weighted by Gasteiger charge is 2.30. The molecule has 1 saturated heterocycles. The summed E-state index contributed by atoms with van der Waals surface area (Å²) in [5, 5.41) is 16.4. The Kier molecular flexibility index (Phi) is 4.89. The quantitative estimate of drug-likeness (QED) is 0.682.